The standard InChI is InChI=1S/C25H29ClN6O/c1-5-29-21-9-6-7-10-22(21)31(26)25(29,4)24(3)13-8-16-30(24)23(33)19-17-18(2)11-12-20(19)32-27-14-15-28-32/h6-7,9-12,14-15,17H,5,8,13,16H2,1-4H3/t24?,25-/m0/s1. The Morgan fingerprint density at radius 1 is 1.06 bits per heavy atom. The van der Waals surface area contributed by atoms with E-state index in [4.69, 9.17) is 11.8 Å². The molecule has 5 rings (SSSR count). The smallest absolute Gasteiger partial charge is 0.256 e. The molecule has 0 aliphatic carbocycles. The summed E-state index contributed by atoms with van der Waals surface area (Å²) >= 11 is 7.08. The van der Waals surface area contributed by atoms with Gasteiger partial charge in [0.05, 0.1) is 40.6 Å². The summed E-state index contributed by atoms with van der Waals surface area (Å²) in [4.78, 5) is 20.0. The molecule has 172 valence electrons. The maximum atomic E-state index is 14.2. The quantitative estimate of drug-likeness (QED) is 0.520. The van der Waals surface area contributed by atoms with Crippen LogP contribution in [0, 0.1) is 6.92 Å². The molecule has 2 aliphatic rings. The Bertz CT molecular complexity index is 1200. The summed E-state index contributed by atoms with van der Waals surface area (Å²) in [6.45, 7) is 9.90. The largest absolute Gasteiger partial charge is 0.344 e. The van der Waals surface area contributed by atoms with Crippen molar-refractivity contribution in [3.63, 3.8) is 0 Å². The second-order valence-corrected chi connectivity index (χ2v) is 9.55. The lowest BCUT2D eigenvalue weighted by Gasteiger charge is -2.54. The van der Waals surface area contributed by atoms with Crippen LogP contribution < -0.4 is 9.32 Å². The number of fused-ring (bicyclic) bond motifs is 1. The number of carbonyl (C=O) groups excluding carboxylic acids is 1. The topological polar surface area (TPSA) is 57.5 Å². The van der Waals surface area contributed by atoms with Crippen LogP contribution in [0.1, 0.15) is 49.5 Å². The van der Waals surface area contributed by atoms with Gasteiger partial charge >= 0.3 is 0 Å². The maximum absolute atomic E-state index is 14.2. The fourth-order valence-electron chi connectivity index (χ4n) is 5.68. The molecule has 0 N–H and O–H groups in total. The Hall–Kier alpha value is -3.06. The van der Waals surface area contributed by atoms with Crippen molar-refractivity contribution in [3.8, 4) is 5.69 Å². The maximum Gasteiger partial charge on any atom is 0.256 e. The van der Waals surface area contributed by atoms with Gasteiger partial charge in [0.25, 0.3) is 5.91 Å². The SMILES string of the molecule is CCN1c2ccccc2N(Cl)[C@@]1(C)C1(C)CCCN1C(=O)c1cc(C)ccc1-n1nccn1. The Labute approximate surface area is 199 Å². The number of para-hydroxylation sites is 2. The number of anilines is 2. The van der Waals surface area contributed by atoms with Crippen molar-refractivity contribution < 1.29 is 4.79 Å². The molecule has 1 aromatic heterocycles. The summed E-state index contributed by atoms with van der Waals surface area (Å²) in [5.41, 5.74) is 3.22. The number of hydrogen-bond donors (Lipinski definition) is 0. The van der Waals surface area contributed by atoms with Crippen LogP contribution in [-0.2, 0) is 0 Å². The molecule has 3 aromatic rings. The van der Waals surface area contributed by atoms with Crippen LogP contribution in [0.2, 0.25) is 0 Å². The fourth-order valence-corrected chi connectivity index (χ4v) is 6.09. The summed E-state index contributed by atoms with van der Waals surface area (Å²) in [5.74, 6) is -0.0238. The minimum atomic E-state index is -0.618. The molecule has 8 heteroatoms. The van der Waals surface area contributed by atoms with Gasteiger partial charge in [0.1, 0.15) is 5.66 Å². The first kappa shape index (κ1) is 21.8. The molecule has 1 fully saturated rings. The molecule has 33 heavy (non-hydrogen) atoms. The highest BCUT2D eigenvalue weighted by Crippen LogP contribution is 2.54. The van der Waals surface area contributed by atoms with Gasteiger partial charge in [0.15, 0.2) is 0 Å². The van der Waals surface area contributed by atoms with E-state index in [-0.39, 0.29) is 5.91 Å². The molecule has 1 unspecified atom stereocenters. The molecule has 1 saturated heterocycles. The third kappa shape index (κ3) is 2.98. The molecule has 7 nitrogen and oxygen atoms in total. The minimum Gasteiger partial charge on any atom is -0.344 e. The Balaban J connectivity index is 1.61. The van der Waals surface area contributed by atoms with E-state index in [1.54, 1.807) is 12.4 Å². The van der Waals surface area contributed by atoms with Crippen LogP contribution in [0.3, 0.4) is 0 Å². The van der Waals surface area contributed by atoms with E-state index in [1.807, 2.05) is 52.6 Å². The van der Waals surface area contributed by atoms with Gasteiger partial charge in [0, 0.05) is 24.9 Å². The monoisotopic (exact) mass is 464 g/mol. The molecular formula is C25H29ClN6O. The van der Waals surface area contributed by atoms with E-state index in [9.17, 15) is 4.79 Å². The zero-order valence-corrected chi connectivity index (χ0v) is 20.3. The van der Waals surface area contributed by atoms with E-state index < -0.39 is 11.2 Å². The molecule has 2 aliphatic heterocycles. The van der Waals surface area contributed by atoms with Crippen molar-refractivity contribution in [1.29, 1.82) is 0 Å². The number of aromatic nitrogens is 3. The number of carbonyl (C=O) groups is 1. The summed E-state index contributed by atoms with van der Waals surface area (Å²) in [6.07, 6.45) is 5.01. The predicted octanol–water partition coefficient (Wildman–Crippen LogP) is 4.79. The van der Waals surface area contributed by atoms with Crippen LogP contribution in [-0.4, -0.2) is 50.1 Å². The molecule has 2 aromatic carbocycles. The number of amides is 1. The molecule has 0 radical (unpaired) electrons. The molecule has 2 atom stereocenters. The molecule has 1 amide bonds. The highest BCUT2D eigenvalue weighted by molar-refractivity contribution is 6.28. The molecule has 0 saturated carbocycles. The van der Waals surface area contributed by atoms with Gasteiger partial charge < -0.3 is 9.80 Å². The van der Waals surface area contributed by atoms with Gasteiger partial charge in [-0.3, -0.25) is 9.21 Å². The molecule has 0 bridgehead atoms. The van der Waals surface area contributed by atoms with Crippen molar-refractivity contribution >= 4 is 29.1 Å². The summed E-state index contributed by atoms with van der Waals surface area (Å²) in [7, 11) is 0. The zero-order valence-electron chi connectivity index (χ0n) is 19.5. The Morgan fingerprint density at radius 3 is 2.45 bits per heavy atom. The van der Waals surface area contributed by atoms with E-state index in [0.717, 1.165) is 36.3 Å². The Kier molecular flexibility index (Phi) is 5.12. The van der Waals surface area contributed by atoms with Crippen molar-refractivity contribution in [3.05, 3.63) is 66.0 Å². The number of benzene rings is 2. The van der Waals surface area contributed by atoms with Crippen LogP contribution in [0.25, 0.3) is 5.69 Å². The predicted molar refractivity (Wildman–Crippen MR) is 131 cm³/mol. The van der Waals surface area contributed by atoms with Gasteiger partial charge in [-0.2, -0.15) is 15.0 Å². The zero-order chi connectivity index (χ0) is 23.4. The minimum absolute atomic E-state index is 0.0238. The van der Waals surface area contributed by atoms with E-state index in [2.05, 4.69) is 41.9 Å². The first-order valence-electron chi connectivity index (χ1n) is 11.4. The van der Waals surface area contributed by atoms with Gasteiger partial charge in [-0.05, 0) is 64.8 Å². The molecular weight excluding hydrogens is 436 g/mol. The highest BCUT2D eigenvalue weighted by atomic mass is 35.5. The molecule has 3 heterocycles. The number of hydrogen-bond acceptors (Lipinski definition) is 5. The highest BCUT2D eigenvalue weighted by Gasteiger charge is 2.62. The first-order valence-corrected chi connectivity index (χ1v) is 11.8. The second kappa shape index (κ2) is 7.76. The third-order valence-corrected chi connectivity index (χ3v) is 8.04. The average Bonchev–Trinajstić information content (AvgIpc) is 3.53. The average molecular weight is 465 g/mol. The van der Waals surface area contributed by atoms with Crippen LogP contribution in [0.4, 0.5) is 11.4 Å². The van der Waals surface area contributed by atoms with Crippen LogP contribution >= 0.6 is 11.8 Å². The lowest BCUT2D eigenvalue weighted by Crippen LogP contribution is -2.71. The first-order chi connectivity index (χ1) is 15.8. The Morgan fingerprint density at radius 2 is 1.76 bits per heavy atom. The third-order valence-electron chi connectivity index (χ3n) is 7.53. The molecule has 0 spiro atoms. The van der Waals surface area contributed by atoms with Gasteiger partial charge in [-0.15, -0.1) is 0 Å². The van der Waals surface area contributed by atoms with Crippen LogP contribution in [0.5, 0.6) is 0 Å². The summed E-state index contributed by atoms with van der Waals surface area (Å²) < 4.78 is 1.84. The van der Waals surface area contributed by atoms with Gasteiger partial charge in [0.2, 0.25) is 0 Å². The van der Waals surface area contributed by atoms with E-state index in [0.29, 0.717) is 17.8 Å². The lowest BCUT2D eigenvalue weighted by molar-refractivity contribution is 0.0459. The number of likely N-dealkylation sites (N-methyl/N-ethyl adjacent to an activating group) is 1. The number of rotatable bonds is 4. The van der Waals surface area contributed by atoms with Crippen molar-refractivity contribution in [1.82, 2.24) is 19.9 Å². The normalized spacial score (nSPS) is 24.5. The fraction of sp³-hybridized carbons (Fsp3) is 0.400. The summed E-state index contributed by atoms with van der Waals surface area (Å²) in [6, 6.07) is 14.0. The van der Waals surface area contributed by atoms with E-state index >= 15 is 0 Å². The van der Waals surface area contributed by atoms with Gasteiger partial charge in [-0.1, -0.05) is 23.8 Å². The van der Waals surface area contributed by atoms with E-state index in [1.165, 1.54) is 4.80 Å². The number of nitrogens with zero attached hydrogens (tertiary/aromatic N) is 6. The summed E-state index contributed by atoms with van der Waals surface area (Å²) in [5, 5.41) is 8.55. The second-order valence-electron chi connectivity index (χ2n) is 9.21. The number of likely N-dealkylation sites (tertiary alicyclic amines) is 1. The van der Waals surface area contributed by atoms with Crippen LogP contribution in [0.15, 0.2) is 54.9 Å². The van der Waals surface area contributed by atoms with Gasteiger partial charge in [-0.25, -0.2) is 0 Å². The lowest BCUT2D eigenvalue weighted by atomic mass is 9.82. The van der Waals surface area contributed by atoms with Crippen molar-refractivity contribution in [2.75, 3.05) is 22.4 Å². The van der Waals surface area contributed by atoms with Crippen molar-refractivity contribution in [2.24, 2.45) is 0 Å². The van der Waals surface area contributed by atoms with Crippen molar-refractivity contribution in [2.45, 2.75) is 51.7 Å². The number of halogens is 1. The number of aryl methyl sites for hydroxylation is 1.